The lowest BCUT2D eigenvalue weighted by atomic mass is 9.75. The van der Waals surface area contributed by atoms with Crippen molar-refractivity contribution in [2.75, 3.05) is 17.2 Å². The van der Waals surface area contributed by atoms with E-state index in [1.807, 2.05) is 6.20 Å². The van der Waals surface area contributed by atoms with Gasteiger partial charge >= 0.3 is 0 Å². The molecule has 0 amide bonds. The molecule has 2 aliphatic rings. The van der Waals surface area contributed by atoms with Gasteiger partial charge in [-0.1, -0.05) is 38.0 Å². The van der Waals surface area contributed by atoms with Gasteiger partial charge < -0.3 is 10.6 Å². The SMILES string of the molecule is CC1CCCC2(CNc3cnc4ccccc4c3N2)C1. The molecule has 1 aromatic heterocycles. The third kappa shape index (κ3) is 1.84. The van der Waals surface area contributed by atoms with Gasteiger partial charge in [-0.15, -0.1) is 0 Å². The molecular formula is C17H21N3. The van der Waals surface area contributed by atoms with E-state index in [0.29, 0.717) is 0 Å². The molecule has 1 aliphatic carbocycles. The minimum Gasteiger partial charge on any atom is -0.380 e. The van der Waals surface area contributed by atoms with Crippen molar-refractivity contribution in [1.82, 2.24) is 4.98 Å². The first-order valence-electron chi connectivity index (χ1n) is 7.66. The van der Waals surface area contributed by atoms with Gasteiger partial charge in [0, 0.05) is 11.9 Å². The van der Waals surface area contributed by atoms with Crippen LogP contribution in [-0.4, -0.2) is 17.1 Å². The number of hydrogen-bond donors (Lipinski definition) is 2. The van der Waals surface area contributed by atoms with E-state index in [1.54, 1.807) is 0 Å². The molecule has 2 N–H and O–H groups in total. The van der Waals surface area contributed by atoms with E-state index >= 15 is 0 Å². The predicted molar refractivity (Wildman–Crippen MR) is 84.2 cm³/mol. The van der Waals surface area contributed by atoms with Crippen LogP contribution in [0.1, 0.15) is 32.6 Å². The molecule has 2 heterocycles. The quantitative estimate of drug-likeness (QED) is 0.757. The number of para-hydroxylation sites is 1. The average molecular weight is 267 g/mol. The van der Waals surface area contributed by atoms with E-state index < -0.39 is 0 Å². The molecule has 2 aromatic rings. The van der Waals surface area contributed by atoms with Gasteiger partial charge in [0.25, 0.3) is 0 Å². The molecule has 0 bridgehead atoms. The summed E-state index contributed by atoms with van der Waals surface area (Å²) in [6.07, 6.45) is 7.18. The van der Waals surface area contributed by atoms with E-state index in [2.05, 4.69) is 46.8 Å². The molecule has 0 saturated heterocycles. The molecule has 1 aliphatic heterocycles. The Morgan fingerprint density at radius 2 is 2.20 bits per heavy atom. The zero-order valence-corrected chi connectivity index (χ0v) is 11.9. The normalized spacial score (nSPS) is 28.8. The van der Waals surface area contributed by atoms with Gasteiger partial charge in [0.15, 0.2) is 0 Å². The number of hydrogen-bond acceptors (Lipinski definition) is 3. The van der Waals surface area contributed by atoms with Crippen LogP contribution in [0.25, 0.3) is 10.9 Å². The van der Waals surface area contributed by atoms with Crippen molar-refractivity contribution in [2.24, 2.45) is 5.92 Å². The zero-order chi connectivity index (χ0) is 13.6. The van der Waals surface area contributed by atoms with E-state index in [4.69, 9.17) is 0 Å². The van der Waals surface area contributed by atoms with Gasteiger partial charge in [-0.3, -0.25) is 4.98 Å². The minimum atomic E-state index is 0.231. The molecule has 2 unspecified atom stereocenters. The number of pyridine rings is 1. The van der Waals surface area contributed by atoms with E-state index in [0.717, 1.165) is 23.7 Å². The van der Waals surface area contributed by atoms with Crippen LogP contribution < -0.4 is 10.6 Å². The number of fused-ring (bicyclic) bond motifs is 3. The van der Waals surface area contributed by atoms with Crippen LogP contribution in [0.5, 0.6) is 0 Å². The number of anilines is 2. The average Bonchev–Trinajstić information content (AvgIpc) is 2.47. The highest BCUT2D eigenvalue weighted by molar-refractivity contribution is 5.98. The number of nitrogens with zero attached hydrogens (tertiary/aromatic N) is 1. The topological polar surface area (TPSA) is 37.0 Å². The highest BCUT2D eigenvalue weighted by Gasteiger charge is 2.38. The van der Waals surface area contributed by atoms with Crippen LogP contribution in [0.2, 0.25) is 0 Å². The summed E-state index contributed by atoms with van der Waals surface area (Å²) in [4.78, 5) is 4.54. The summed E-state index contributed by atoms with van der Waals surface area (Å²) >= 11 is 0. The maximum atomic E-state index is 4.54. The fourth-order valence-corrected chi connectivity index (χ4v) is 3.92. The van der Waals surface area contributed by atoms with Crippen molar-refractivity contribution in [3.8, 4) is 0 Å². The predicted octanol–water partition coefficient (Wildman–Crippen LogP) is 4.02. The van der Waals surface area contributed by atoms with Gasteiger partial charge in [-0.2, -0.15) is 0 Å². The van der Waals surface area contributed by atoms with Crippen molar-refractivity contribution >= 4 is 22.3 Å². The smallest absolute Gasteiger partial charge is 0.0770 e. The van der Waals surface area contributed by atoms with Gasteiger partial charge in [-0.05, 0) is 24.8 Å². The van der Waals surface area contributed by atoms with Crippen LogP contribution in [0.3, 0.4) is 0 Å². The Morgan fingerprint density at radius 1 is 1.30 bits per heavy atom. The molecule has 1 spiro atoms. The summed E-state index contributed by atoms with van der Waals surface area (Å²) < 4.78 is 0. The third-order valence-electron chi connectivity index (χ3n) is 4.87. The molecule has 0 radical (unpaired) electrons. The van der Waals surface area contributed by atoms with Crippen molar-refractivity contribution in [1.29, 1.82) is 0 Å². The highest BCUT2D eigenvalue weighted by atomic mass is 15.1. The van der Waals surface area contributed by atoms with Gasteiger partial charge in [0.2, 0.25) is 0 Å². The Labute approximate surface area is 119 Å². The van der Waals surface area contributed by atoms with Crippen molar-refractivity contribution < 1.29 is 0 Å². The molecule has 1 fully saturated rings. The number of benzene rings is 1. The molecule has 1 saturated carbocycles. The van der Waals surface area contributed by atoms with Gasteiger partial charge in [0.1, 0.15) is 0 Å². The van der Waals surface area contributed by atoms with Crippen LogP contribution >= 0.6 is 0 Å². The minimum absolute atomic E-state index is 0.231. The maximum absolute atomic E-state index is 4.54. The summed E-state index contributed by atoms with van der Waals surface area (Å²) in [5.41, 5.74) is 3.69. The number of rotatable bonds is 0. The van der Waals surface area contributed by atoms with Gasteiger partial charge in [-0.25, -0.2) is 0 Å². The Morgan fingerprint density at radius 3 is 3.10 bits per heavy atom. The molecule has 104 valence electrons. The number of aromatic nitrogens is 1. The van der Waals surface area contributed by atoms with Crippen molar-refractivity contribution in [3.05, 3.63) is 30.5 Å². The molecule has 4 rings (SSSR count). The largest absolute Gasteiger partial charge is 0.380 e. The maximum Gasteiger partial charge on any atom is 0.0770 e. The lowest BCUT2D eigenvalue weighted by Gasteiger charge is -2.45. The third-order valence-corrected chi connectivity index (χ3v) is 4.87. The fourth-order valence-electron chi connectivity index (χ4n) is 3.92. The van der Waals surface area contributed by atoms with Crippen molar-refractivity contribution in [3.63, 3.8) is 0 Å². The van der Waals surface area contributed by atoms with Gasteiger partial charge in [0.05, 0.1) is 28.6 Å². The lowest BCUT2D eigenvalue weighted by molar-refractivity contribution is 0.266. The monoisotopic (exact) mass is 267 g/mol. The lowest BCUT2D eigenvalue weighted by Crippen LogP contribution is -2.50. The first kappa shape index (κ1) is 12.0. The highest BCUT2D eigenvalue weighted by Crippen LogP contribution is 2.42. The molecule has 3 heteroatoms. The summed E-state index contributed by atoms with van der Waals surface area (Å²) in [6, 6.07) is 8.40. The standard InChI is InChI=1S/C17H21N3/c1-12-5-4-8-17(9-12)11-19-15-10-18-14-7-3-2-6-13(14)16(15)20-17/h2-3,6-7,10,12,19-20H,4-5,8-9,11H2,1H3. The van der Waals surface area contributed by atoms with Crippen LogP contribution in [-0.2, 0) is 0 Å². The fraction of sp³-hybridized carbons (Fsp3) is 0.471. The Bertz CT molecular complexity index is 652. The molecule has 20 heavy (non-hydrogen) atoms. The van der Waals surface area contributed by atoms with Crippen LogP contribution in [0, 0.1) is 5.92 Å². The van der Waals surface area contributed by atoms with E-state index in [1.165, 1.54) is 36.8 Å². The van der Waals surface area contributed by atoms with Crippen LogP contribution in [0.4, 0.5) is 11.4 Å². The second kappa shape index (κ2) is 4.37. The van der Waals surface area contributed by atoms with Crippen LogP contribution in [0.15, 0.2) is 30.5 Å². The second-order valence-electron chi connectivity index (χ2n) is 6.52. The number of nitrogens with one attached hydrogen (secondary N) is 2. The Kier molecular flexibility index (Phi) is 2.62. The summed E-state index contributed by atoms with van der Waals surface area (Å²) in [5, 5.41) is 8.73. The van der Waals surface area contributed by atoms with E-state index in [-0.39, 0.29) is 5.54 Å². The summed E-state index contributed by atoms with van der Waals surface area (Å²) in [7, 11) is 0. The summed E-state index contributed by atoms with van der Waals surface area (Å²) in [6.45, 7) is 3.40. The molecule has 1 aromatic carbocycles. The first-order valence-corrected chi connectivity index (χ1v) is 7.66. The summed E-state index contributed by atoms with van der Waals surface area (Å²) in [5.74, 6) is 0.813. The molecular weight excluding hydrogens is 246 g/mol. The Hall–Kier alpha value is -1.77. The Balaban J connectivity index is 1.79. The van der Waals surface area contributed by atoms with E-state index in [9.17, 15) is 0 Å². The zero-order valence-electron chi connectivity index (χ0n) is 11.9. The second-order valence-corrected chi connectivity index (χ2v) is 6.52. The molecule has 3 nitrogen and oxygen atoms in total. The first-order chi connectivity index (χ1) is 9.76. The molecule has 2 atom stereocenters. The van der Waals surface area contributed by atoms with Crippen molar-refractivity contribution in [2.45, 2.75) is 38.1 Å².